The molecular weight excluding hydrogens is 361 g/mol. The lowest BCUT2D eigenvalue weighted by Crippen LogP contribution is -2.21. The number of hydrogen-bond acceptors (Lipinski definition) is 3. The van der Waals surface area contributed by atoms with Gasteiger partial charge in [0.05, 0.1) is 5.56 Å². The Labute approximate surface area is 154 Å². The Bertz CT molecular complexity index is 931. The summed E-state index contributed by atoms with van der Waals surface area (Å²) in [5.41, 5.74) is 0.848. The number of fused-ring (bicyclic) bond motifs is 1. The zero-order valence-corrected chi connectivity index (χ0v) is 14.5. The molecule has 0 unspecified atom stereocenters. The Balaban J connectivity index is 1.66. The van der Waals surface area contributed by atoms with Crippen LogP contribution in [0.25, 0.3) is 10.8 Å². The minimum absolute atomic E-state index is 0.399. The van der Waals surface area contributed by atoms with Crippen LogP contribution in [0.15, 0.2) is 60.7 Å². The Morgan fingerprint density at radius 2 is 1.60 bits per heavy atom. The molecule has 1 amide bonds. The molecule has 0 aliphatic heterocycles. The van der Waals surface area contributed by atoms with Gasteiger partial charge in [-0.3, -0.25) is 4.79 Å². The quantitative estimate of drug-likeness (QED) is 0.658. The van der Waals surface area contributed by atoms with Crippen molar-refractivity contribution >= 4 is 51.5 Å². The number of rotatable bonds is 4. The largest absolute Gasteiger partial charge is 0.452 e. The number of hydrogen-bond donors (Lipinski definition) is 1. The molecule has 126 valence electrons. The molecule has 0 bridgehead atoms. The molecular formula is C19H13Cl2NO3. The fourth-order valence-electron chi connectivity index (χ4n) is 2.44. The molecule has 4 nitrogen and oxygen atoms in total. The van der Waals surface area contributed by atoms with Gasteiger partial charge in [-0.05, 0) is 35.0 Å². The van der Waals surface area contributed by atoms with Gasteiger partial charge in [0.25, 0.3) is 5.91 Å². The number of benzene rings is 3. The fourth-order valence-corrected chi connectivity index (χ4v) is 2.96. The molecule has 0 saturated carbocycles. The van der Waals surface area contributed by atoms with Crippen LogP contribution >= 0.6 is 23.2 Å². The first-order valence-electron chi connectivity index (χ1n) is 7.44. The third-order valence-electron chi connectivity index (χ3n) is 3.49. The van der Waals surface area contributed by atoms with Gasteiger partial charge < -0.3 is 10.1 Å². The second-order valence-corrected chi connectivity index (χ2v) is 6.18. The predicted molar refractivity (Wildman–Crippen MR) is 99.3 cm³/mol. The van der Waals surface area contributed by atoms with Crippen molar-refractivity contribution in [3.05, 3.63) is 76.3 Å². The van der Waals surface area contributed by atoms with E-state index >= 15 is 0 Å². The number of carbonyl (C=O) groups excluding carboxylic acids is 2. The molecule has 0 heterocycles. The molecule has 3 rings (SSSR count). The maximum atomic E-state index is 12.3. The van der Waals surface area contributed by atoms with Crippen molar-refractivity contribution in [1.82, 2.24) is 0 Å². The molecule has 0 atom stereocenters. The van der Waals surface area contributed by atoms with Gasteiger partial charge in [-0.2, -0.15) is 0 Å². The normalized spacial score (nSPS) is 10.5. The van der Waals surface area contributed by atoms with Crippen molar-refractivity contribution < 1.29 is 14.3 Å². The summed E-state index contributed by atoms with van der Waals surface area (Å²) in [6, 6.07) is 17.5. The van der Waals surface area contributed by atoms with Crippen LogP contribution in [0, 0.1) is 0 Å². The number of esters is 1. The smallest absolute Gasteiger partial charge is 0.339 e. The summed E-state index contributed by atoms with van der Waals surface area (Å²) in [5, 5.41) is 5.08. The lowest BCUT2D eigenvalue weighted by molar-refractivity contribution is -0.119. The van der Waals surface area contributed by atoms with Crippen LogP contribution in [-0.2, 0) is 9.53 Å². The van der Waals surface area contributed by atoms with Crippen molar-refractivity contribution in [2.75, 3.05) is 11.9 Å². The van der Waals surface area contributed by atoms with E-state index in [1.54, 1.807) is 30.3 Å². The molecule has 6 heteroatoms. The number of anilines is 1. The van der Waals surface area contributed by atoms with Gasteiger partial charge in [-0.15, -0.1) is 0 Å². The van der Waals surface area contributed by atoms with Gasteiger partial charge >= 0.3 is 5.97 Å². The lowest BCUT2D eigenvalue weighted by Gasteiger charge is -2.09. The van der Waals surface area contributed by atoms with E-state index in [-0.39, 0.29) is 0 Å². The van der Waals surface area contributed by atoms with Crippen LogP contribution in [0.2, 0.25) is 10.0 Å². The third kappa shape index (κ3) is 4.29. The van der Waals surface area contributed by atoms with Gasteiger partial charge in [0.15, 0.2) is 6.61 Å². The highest BCUT2D eigenvalue weighted by molar-refractivity contribution is 6.35. The second-order valence-electron chi connectivity index (χ2n) is 5.31. The van der Waals surface area contributed by atoms with E-state index in [0.717, 1.165) is 10.8 Å². The van der Waals surface area contributed by atoms with Gasteiger partial charge in [-0.25, -0.2) is 4.79 Å². The summed E-state index contributed by atoms with van der Waals surface area (Å²) in [6.45, 7) is -0.411. The van der Waals surface area contributed by atoms with Gasteiger partial charge in [0, 0.05) is 15.7 Å². The maximum Gasteiger partial charge on any atom is 0.339 e. The SMILES string of the molecule is O=C(COC(=O)c1cccc2ccccc12)Nc1cc(Cl)cc(Cl)c1. The van der Waals surface area contributed by atoms with Crippen LogP contribution in [0.3, 0.4) is 0 Å². The van der Waals surface area contributed by atoms with E-state index in [1.807, 2.05) is 30.3 Å². The predicted octanol–water partition coefficient (Wildman–Crippen LogP) is 4.94. The van der Waals surface area contributed by atoms with E-state index in [1.165, 1.54) is 0 Å². The van der Waals surface area contributed by atoms with Crippen molar-refractivity contribution in [3.8, 4) is 0 Å². The number of halogens is 2. The summed E-state index contributed by atoms with van der Waals surface area (Å²) in [4.78, 5) is 24.2. The monoisotopic (exact) mass is 373 g/mol. The van der Waals surface area contributed by atoms with Crippen LogP contribution in [-0.4, -0.2) is 18.5 Å². The number of nitrogens with one attached hydrogen (secondary N) is 1. The molecule has 0 aromatic heterocycles. The third-order valence-corrected chi connectivity index (χ3v) is 3.93. The van der Waals surface area contributed by atoms with Crippen molar-refractivity contribution in [3.63, 3.8) is 0 Å². The van der Waals surface area contributed by atoms with E-state index in [0.29, 0.717) is 21.3 Å². The zero-order valence-electron chi connectivity index (χ0n) is 13.0. The highest BCUT2D eigenvalue weighted by atomic mass is 35.5. The van der Waals surface area contributed by atoms with Gasteiger partial charge in [0.2, 0.25) is 0 Å². The topological polar surface area (TPSA) is 55.4 Å². The Morgan fingerprint density at radius 3 is 2.36 bits per heavy atom. The first-order chi connectivity index (χ1) is 12.0. The van der Waals surface area contributed by atoms with Crippen molar-refractivity contribution in [2.24, 2.45) is 0 Å². The summed E-state index contributed by atoms with van der Waals surface area (Å²) >= 11 is 11.8. The van der Waals surface area contributed by atoms with Gasteiger partial charge in [-0.1, -0.05) is 59.6 Å². The summed E-state index contributed by atoms with van der Waals surface area (Å²) in [6.07, 6.45) is 0. The Kier molecular flexibility index (Phi) is 5.22. The lowest BCUT2D eigenvalue weighted by atomic mass is 10.1. The minimum atomic E-state index is -0.559. The molecule has 0 saturated heterocycles. The van der Waals surface area contributed by atoms with Crippen LogP contribution in [0.4, 0.5) is 5.69 Å². The summed E-state index contributed by atoms with van der Waals surface area (Å²) in [5.74, 6) is -1.04. The molecule has 0 fully saturated rings. The molecule has 3 aromatic rings. The average molecular weight is 374 g/mol. The average Bonchev–Trinajstić information content (AvgIpc) is 2.58. The second kappa shape index (κ2) is 7.55. The van der Waals surface area contributed by atoms with E-state index in [4.69, 9.17) is 27.9 Å². The molecule has 25 heavy (non-hydrogen) atoms. The van der Waals surface area contributed by atoms with Crippen molar-refractivity contribution in [2.45, 2.75) is 0 Å². The summed E-state index contributed by atoms with van der Waals surface area (Å²) < 4.78 is 5.11. The zero-order chi connectivity index (χ0) is 17.8. The molecule has 3 aromatic carbocycles. The van der Waals surface area contributed by atoms with Crippen molar-refractivity contribution in [1.29, 1.82) is 0 Å². The molecule has 0 aliphatic rings. The van der Waals surface area contributed by atoms with Crippen LogP contribution in [0.1, 0.15) is 10.4 Å². The molecule has 0 spiro atoms. The molecule has 0 aliphatic carbocycles. The summed E-state index contributed by atoms with van der Waals surface area (Å²) in [7, 11) is 0. The van der Waals surface area contributed by atoms with E-state index in [9.17, 15) is 9.59 Å². The van der Waals surface area contributed by atoms with Gasteiger partial charge in [0.1, 0.15) is 0 Å². The Morgan fingerprint density at radius 1 is 0.920 bits per heavy atom. The highest BCUT2D eigenvalue weighted by Crippen LogP contribution is 2.22. The Hall–Kier alpha value is -2.56. The number of ether oxygens (including phenoxy) is 1. The fraction of sp³-hybridized carbons (Fsp3) is 0.0526. The van der Waals surface area contributed by atoms with E-state index < -0.39 is 18.5 Å². The standard InChI is InChI=1S/C19H13Cl2NO3/c20-13-8-14(21)10-15(9-13)22-18(23)11-25-19(24)17-7-3-5-12-4-1-2-6-16(12)17/h1-10H,11H2,(H,22,23). The number of amides is 1. The highest BCUT2D eigenvalue weighted by Gasteiger charge is 2.13. The first-order valence-corrected chi connectivity index (χ1v) is 8.19. The number of carbonyl (C=O) groups is 2. The van der Waals surface area contributed by atoms with Crippen LogP contribution < -0.4 is 5.32 Å². The van der Waals surface area contributed by atoms with E-state index in [2.05, 4.69) is 5.32 Å². The molecule has 0 radical (unpaired) electrons. The minimum Gasteiger partial charge on any atom is -0.452 e. The molecule has 1 N–H and O–H groups in total. The van der Waals surface area contributed by atoms with Crippen LogP contribution in [0.5, 0.6) is 0 Å². The first kappa shape index (κ1) is 17.3. The maximum absolute atomic E-state index is 12.3.